The van der Waals surface area contributed by atoms with Crippen molar-refractivity contribution in [3.63, 3.8) is 0 Å². The van der Waals surface area contributed by atoms with E-state index in [1.165, 1.54) is 12.4 Å². The molecule has 18 heavy (non-hydrogen) atoms. The summed E-state index contributed by atoms with van der Waals surface area (Å²) < 4.78 is 25.9. The van der Waals surface area contributed by atoms with Crippen molar-refractivity contribution in [3.8, 4) is 0 Å². The minimum Gasteiger partial charge on any atom is -0.310 e. The highest BCUT2D eigenvalue weighted by Crippen LogP contribution is 2.11. The summed E-state index contributed by atoms with van der Waals surface area (Å²) in [7, 11) is 0. The summed E-state index contributed by atoms with van der Waals surface area (Å²) in [5.41, 5.74) is 0.974. The Kier molecular flexibility index (Phi) is 4.35. The fraction of sp³-hybridized carbons (Fsp3) is 0.333. The van der Waals surface area contributed by atoms with E-state index >= 15 is 0 Å². The molecular formula is C12H14F2N4. The van der Waals surface area contributed by atoms with Crippen LogP contribution in [0.2, 0.25) is 0 Å². The number of hydrogen-bond acceptors (Lipinski definition) is 3. The van der Waals surface area contributed by atoms with Crippen molar-refractivity contribution in [2.24, 2.45) is 0 Å². The van der Waals surface area contributed by atoms with Gasteiger partial charge >= 0.3 is 6.55 Å². The Labute approximate surface area is 104 Å². The molecule has 0 amide bonds. The molecule has 1 N–H and O–H groups in total. The van der Waals surface area contributed by atoms with Gasteiger partial charge in [-0.1, -0.05) is 6.07 Å². The third-order valence-corrected chi connectivity index (χ3v) is 2.53. The zero-order chi connectivity index (χ0) is 12.8. The van der Waals surface area contributed by atoms with Gasteiger partial charge in [0.2, 0.25) is 0 Å². The maximum atomic E-state index is 12.5. The lowest BCUT2D eigenvalue weighted by atomic mass is 10.3. The molecule has 0 atom stereocenters. The zero-order valence-electron chi connectivity index (χ0n) is 9.76. The summed E-state index contributed by atoms with van der Waals surface area (Å²) in [6.07, 6.45) is 5.15. The van der Waals surface area contributed by atoms with E-state index in [1.54, 1.807) is 6.20 Å². The highest BCUT2D eigenvalue weighted by Gasteiger charge is 2.10. The molecule has 0 saturated heterocycles. The monoisotopic (exact) mass is 252 g/mol. The van der Waals surface area contributed by atoms with Crippen LogP contribution in [0.4, 0.5) is 8.78 Å². The molecule has 0 aliphatic rings. The SMILES string of the molecule is FC(F)n1ccnc1CNCCc1ccccn1. The molecule has 96 valence electrons. The lowest BCUT2D eigenvalue weighted by molar-refractivity contribution is 0.0666. The summed E-state index contributed by atoms with van der Waals surface area (Å²) in [5, 5.41) is 3.07. The third kappa shape index (κ3) is 3.33. The zero-order valence-corrected chi connectivity index (χ0v) is 9.76. The van der Waals surface area contributed by atoms with Crippen LogP contribution < -0.4 is 5.32 Å². The van der Waals surface area contributed by atoms with Crippen molar-refractivity contribution >= 4 is 0 Å². The molecule has 0 radical (unpaired) electrons. The van der Waals surface area contributed by atoms with E-state index in [-0.39, 0.29) is 0 Å². The van der Waals surface area contributed by atoms with Gasteiger partial charge in [0, 0.05) is 37.3 Å². The standard InChI is InChI=1S/C12H14F2N4/c13-12(14)18-8-7-17-11(18)9-15-6-4-10-3-1-2-5-16-10/h1-3,5,7-8,12,15H,4,6,9H2. The Bertz CT molecular complexity index is 470. The maximum absolute atomic E-state index is 12.5. The summed E-state index contributed by atoms with van der Waals surface area (Å²) in [5.74, 6) is 0.339. The fourth-order valence-corrected chi connectivity index (χ4v) is 1.62. The lowest BCUT2D eigenvalue weighted by Crippen LogP contribution is -2.20. The molecule has 2 heterocycles. The molecule has 2 aromatic rings. The molecule has 0 unspecified atom stereocenters. The summed E-state index contributed by atoms with van der Waals surface area (Å²) >= 11 is 0. The van der Waals surface area contributed by atoms with Gasteiger partial charge in [-0.05, 0) is 12.1 Å². The van der Waals surface area contributed by atoms with Crippen molar-refractivity contribution in [3.05, 3.63) is 48.3 Å². The van der Waals surface area contributed by atoms with Gasteiger partial charge in [-0.25, -0.2) is 4.98 Å². The molecule has 0 aliphatic heterocycles. The van der Waals surface area contributed by atoms with E-state index in [2.05, 4.69) is 15.3 Å². The van der Waals surface area contributed by atoms with Crippen LogP contribution in [-0.2, 0) is 13.0 Å². The van der Waals surface area contributed by atoms with Gasteiger partial charge in [-0.3, -0.25) is 9.55 Å². The Morgan fingerprint density at radius 3 is 2.83 bits per heavy atom. The minimum atomic E-state index is -2.54. The van der Waals surface area contributed by atoms with Crippen molar-refractivity contribution < 1.29 is 8.78 Å². The second-order valence-corrected chi connectivity index (χ2v) is 3.78. The van der Waals surface area contributed by atoms with Crippen molar-refractivity contribution in [1.29, 1.82) is 0 Å². The second-order valence-electron chi connectivity index (χ2n) is 3.78. The van der Waals surface area contributed by atoms with Gasteiger partial charge in [0.15, 0.2) is 0 Å². The number of aromatic nitrogens is 3. The average molecular weight is 252 g/mol. The predicted molar refractivity (Wildman–Crippen MR) is 63.1 cm³/mol. The van der Waals surface area contributed by atoms with E-state index in [0.29, 0.717) is 18.9 Å². The number of rotatable bonds is 6. The second kappa shape index (κ2) is 6.20. The predicted octanol–water partition coefficient (Wildman–Crippen LogP) is 2.01. The molecule has 2 aromatic heterocycles. The number of halogens is 2. The van der Waals surface area contributed by atoms with Crippen LogP contribution in [0.15, 0.2) is 36.8 Å². The molecule has 0 spiro atoms. The van der Waals surface area contributed by atoms with Crippen LogP contribution >= 0.6 is 0 Å². The molecule has 6 heteroatoms. The Morgan fingerprint density at radius 1 is 1.22 bits per heavy atom. The number of pyridine rings is 1. The number of imidazole rings is 1. The summed E-state index contributed by atoms with van der Waals surface area (Å²) in [6, 6.07) is 5.71. The Morgan fingerprint density at radius 2 is 2.11 bits per heavy atom. The van der Waals surface area contributed by atoms with Crippen molar-refractivity contribution in [1.82, 2.24) is 19.9 Å². The van der Waals surface area contributed by atoms with Crippen molar-refractivity contribution in [2.75, 3.05) is 6.54 Å². The van der Waals surface area contributed by atoms with E-state index < -0.39 is 6.55 Å². The van der Waals surface area contributed by atoms with Gasteiger partial charge in [0.1, 0.15) is 5.82 Å². The topological polar surface area (TPSA) is 42.7 Å². The lowest BCUT2D eigenvalue weighted by Gasteiger charge is -2.07. The van der Waals surface area contributed by atoms with E-state index in [4.69, 9.17) is 0 Å². The van der Waals surface area contributed by atoms with E-state index in [1.807, 2.05) is 18.2 Å². The quantitative estimate of drug-likeness (QED) is 0.800. The fourth-order valence-electron chi connectivity index (χ4n) is 1.62. The van der Waals surface area contributed by atoms with Gasteiger partial charge in [-0.15, -0.1) is 0 Å². The number of nitrogens with zero attached hydrogens (tertiary/aromatic N) is 3. The smallest absolute Gasteiger partial charge is 0.310 e. The number of alkyl halides is 2. The van der Waals surface area contributed by atoms with Crippen LogP contribution in [-0.4, -0.2) is 21.1 Å². The molecule has 0 saturated carbocycles. The maximum Gasteiger partial charge on any atom is 0.319 e. The van der Waals surface area contributed by atoms with Gasteiger partial charge in [0.05, 0.1) is 6.54 Å². The van der Waals surface area contributed by atoms with Crippen LogP contribution in [0.3, 0.4) is 0 Å². The number of hydrogen-bond donors (Lipinski definition) is 1. The van der Waals surface area contributed by atoms with Crippen LogP contribution in [0.1, 0.15) is 18.1 Å². The van der Waals surface area contributed by atoms with Crippen LogP contribution in [0, 0.1) is 0 Å². The van der Waals surface area contributed by atoms with Gasteiger partial charge in [0.25, 0.3) is 0 Å². The minimum absolute atomic E-state index is 0.324. The average Bonchev–Trinajstić information content (AvgIpc) is 2.84. The molecule has 0 fully saturated rings. The molecule has 0 bridgehead atoms. The summed E-state index contributed by atoms with van der Waals surface area (Å²) in [6.45, 7) is -1.54. The Hall–Kier alpha value is -1.82. The number of nitrogens with one attached hydrogen (secondary N) is 1. The largest absolute Gasteiger partial charge is 0.319 e. The Balaban J connectivity index is 1.77. The first-order valence-electron chi connectivity index (χ1n) is 5.68. The molecular weight excluding hydrogens is 238 g/mol. The molecule has 0 aromatic carbocycles. The van der Waals surface area contributed by atoms with Gasteiger partial charge in [-0.2, -0.15) is 8.78 Å². The van der Waals surface area contributed by atoms with Crippen LogP contribution in [0.5, 0.6) is 0 Å². The summed E-state index contributed by atoms with van der Waals surface area (Å²) in [4.78, 5) is 8.07. The first-order valence-corrected chi connectivity index (χ1v) is 5.68. The highest BCUT2D eigenvalue weighted by atomic mass is 19.3. The van der Waals surface area contributed by atoms with Gasteiger partial charge < -0.3 is 5.32 Å². The molecule has 4 nitrogen and oxygen atoms in total. The van der Waals surface area contributed by atoms with Crippen molar-refractivity contribution in [2.45, 2.75) is 19.5 Å². The highest BCUT2D eigenvalue weighted by molar-refractivity contribution is 5.03. The van der Waals surface area contributed by atoms with E-state index in [0.717, 1.165) is 16.7 Å². The molecule has 0 aliphatic carbocycles. The first-order chi connectivity index (χ1) is 8.77. The molecule has 2 rings (SSSR count). The van der Waals surface area contributed by atoms with Crippen LogP contribution in [0.25, 0.3) is 0 Å². The third-order valence-electron chi connectivity index (χ3n) is 2.53. The normalized spacial score (nSPS) is 11.1. The van der Waals surface area contributed by atoms with E-state index in [9.17, 15) is 8.78 Å². The first kappa shape index (κ1) is 12.6.